The van der Waals surface area contributed by atoms with Crippen molar-refractivity contribution in [2.75, 3.05) is 5.32 Å². The molecular formula is C26H19Cl2N3O. The van der Waals surface area contributed by atoms with Gasteiger partial charge in [0, 0.05) is 34.2 Å². The molecule has 6 heteroatoms. The summed E-state index contributed by atoms with van der Waals surface area (Å²) in [6.07, 6.45) is 3.57. The molecule has 1 heterocycles. The van der Waals surface area contributed by atoms with E-state index in [4.69, 9.17) is 23.2 Å². The van der Waals surface area contributed by atoms with Crippen LogP contribution in [-0.2, 0) is 11.3 Å². The van der Waals surface area contributed by atoms with Crippen molar-refractivity contribution < 1.29 is 4.79 Å². The highest BCUT2D eigenvalue weighted by Crippen LogP contribution is 2.27. The van der Waals surface area contributed by atoms with Crippen molar-refractivity contribution in [3.05, 3.63) is 105 Å². The van der Waals surface area contributed by atoms with Crippen LogP contribution in [0.5, 0.6) is 0 Å². The number of benzene rings is 3. The molecule has 0 spiro atoms. The van der Waals surface area contributed by atoms with Gasteiger partial charge in [0.1, 0.15) is 11.6 Å². The number of rotatable bonds is 5. The van der Waals surface area contributed by atoms with Crippen LogP contribution >= 0.6 is 23.2 Å². The monoisotopic (exact) mass is 459 g/mol. The average Bonchev–Trinajstić information content (AvgIpc) is 3.11. The second kappa shape index (κ2) is 9.32. The smallest absolute Gasteiger partial charge is 0.266 e. The van der Waals surface area contributed by atoms with Crippen LogP contribution in [0.25, 0.3) is 17.0 Å². The van der Waals surface area contributed by atoms with Crippen molar-refractivity contribution >= 4 is 51.8 Å². The first-order chi connectivity index (χ1) is 15.4. The average molecular weight is 460 g/mol. The van der Waals surface area contributed by atoms with Gasteiger partial charge in [0.25, 0.3) is 5.91 Å². The van der Waals surface area contributed by atoms with Crippen molar-refractivity contribution in [3.8, 4) is 6.07 Å². The molecule has 4 aromatic rings. The Hall–Kier alpha value is -3.52. The number of nitrogens with zero attached hydrogens (tertiary/aromatic N) is 2. The van der Waals surface area contributed by atoms with E-state index in [-0.39, 0.29) is 5.57 Å². The lowest BCUT2D eigenvalue weighted by Crippen LogP contribution is -2.13. The number of hydrogen-bond donors (Lipinski definition) is 1. The fraction of sp³-hybridized carbons (Fsp3) is 0.0769. The maximum Gasteiger partial charge on any atom is 0.266 e. The van der Waals surface area contributed by atoms with E-state index in [9.17, 15) is 10.1 Å². The van der Waals surface area contributed by atoms with Gasteiger partial charge in [-0.1, -0.05) is 71.2 Å². The van der Waals surface area contributed by atoms with E-state index < -0.39 is 5.91 Å². The van der Waals surface area contributed by atoms with Gasteiger partial charge in [-0.05, 0) is 42.8 Å². The molecule has 0 radical (unpaired) electrons. The minimum Gasteiger partial charge on any atom is -0.342 e. The zero-order valence-corrected chi connectivity index (χ0v) is 18.8. The molecule has 1 N–H and O–H groups in total. The number of nitrogens with one attached hydrogen (secondary N) is 1. The lowest BCUT2D eigenvalue weighted by molar-refractivity contribution is -0.112. The first-order valence-corrected chi connectivity index (χ1v) is 10.7. The summed E-state index contributed by atoms with van der Waals surface area (Å²) in [5.41, 5.74) is 4.57. The van der Waals surface area contributed by atoms with E-state index in [0.717, 1.165) is 16.5 Å². The minimum atomic E-state index is -0.535. The van der Waals surface area contributed by atoms with Crippen molar-refractivity contribution in [2.24, 2.45) is 0 Å². The number of para-hydroxylation sites is 1. The summed E-state index contributed by atoms with van der Waals surface area (Å²) >= 11 is 12.1. The highest BCUT2D eigenvalue weighted by molar-refractivity contribution is 6.37. The molecule has 0 aliphatic carbocycles. The Balaban J connectivity index is 1.68. The van der Waals surface area contributed by atoms with E-state index in [1.807, 2.05) is 42.6 Å². The quantitative estimate of drug-likeness (QED) is 0.262. The first-order valence-electron chi connectivity index (χ1n) is 9.96. The summed E-state index contributed by atoms with van der Waals surface area (Å²) < 4.78 is 2.12. The normalized spacial score (nSPS) is 11.4. The number of carbonyl (C=O) groups excluding carboxylic acids is 1. The molecule has 4 nitrogen and oxygen atoms in total. The Morgan fingerprint density at radius 3 is 2.66 bits per heavy atom. The topological polar surface area (TPSA) is 57.8 Å². The molecule has 0 saturated heterocycles. The number of hydrogen-bond acceptors (Lipinski definition) is 2. The zero-order valence-electron chi connectivity index (χ0n) is 17.3. The van der Waals surface area contributed by atoms with Gasteiger partial charge in [-0.15, -0.1) is 0 Å². The van der Waals surface area contributed by atoms with Crippen LogP contribution in [0.3, 0.4) is 0 Å². The van der Waals surface area contributed by atoms with Gasteiger partial charge in [-0.2, -0.15) is 5.26 Å². The molecule has 0 bridgehead atoms. The van der Waals surface area contributed by atoms with E-state index in [1.165, 1.54) is 17.2 Å². The van der Waals surface area contributed by atoms with Gasteiger partial charge in [0.15, 0.2) is 0 Å². The fourth-order valence-electron chi connectivity index (χ4n) is 3.61. The van der Waals surface area contributed by atoms with Gasteiger partial charge in [-0.25, -0.2) is 0 Å². The molecule has 32 heavy (non-hydrogen) atoms. The third kappa shape index (κ3) is 4.70. The number of aromatic nitrogens is 1. The first kappa shape index (κ1) is 21.7. The number of fused-ring (bicyclic) bond motifs is 1. The predicted octanol–water partition coefficient (Wildman–Crippen LogP) is 6.85. The molecule has 0 atom stereocenters. The fourth-order valence-corrected chi connectivity index (χ4v) is 4.07. The molecule has 3 aromatic carbocycles. The van der Waals surface area contributed by atoms with Crippen molar-refractivity contribution in [1.29, 1.82) is 5.26 Å². The second-order valence-corrected chi connectivity index (χ2v) is 8.31. The summed E-state index contributed by atoms with van der Waals surface area (Å²) in [6, 6.07) is 23.0. The molecule has 0 unspecified atom stereocenters. The summed E-state index contributed by atoms with van der Waals surface area (Å²) in [5.74, 6) is -0.535. The Kier molecular flexibility index (Phi) is 6.32. The lowest BCUT2D eigenvalue weighted by atomic mass is 10.1. The van der Waals surface area contributed by atoms with E-state index in [2.05, 4.69) is 35.0 Å². The molecule has 1 aromatic heterocycles. The summed E-state index contributed by atoms with van der Waals surface area (Å²) in [4.78, 5) is 12.8. The van der Waals surface area contributed by atoms with Crippen LogP contribution in [-0.4, -0.2) is 10.5 Å². The molecular weight excluding hydrogens is 441 g/mol. The second-order valence-electron chi connectivity index (χ2n) is 7.47. The van der Waals surface area contributed by atoms with Crippen molar-refractivity contribution in [2.45, 2.75) is 13.5 Å². The number of amides is 1. The summed E-state index contributed by atoms with van der Waals surface area (Å²) in [7, 11) is 0. The van der Waals surface area contributed by atoms with Gasteiger partial charge in [-0.3, -0.25) is 4.79 Å². The largest absolute Gasteiger partial charge is 0.342 e. The third-order valence-corrected chi connectivity index (χ3v) is 5.65. The Morgan fingerprint density at radius 2 is 1.91 bits per heavy atom. The third-order valence-electron chi connectivity index (χ3n) is 5.10. The van der Waals surface area contributed by atoms with Crippen LogP contribution in [0, 0.1) is 18.3 Å². The molecule has 1 amide bonds. The number of anilines is 1. The van der Waals surface area contributed by atoms with Crippen LogP contribution in [0.4, 0.5) is 5.69 Å². The van der Waals surface area contributed by atoms with Gasteiger partial charge < -0.3 is 9.88 Å². The van der Waals surface area contributed by atoms with Gasteiger partial charge in [0.05, 0.1) is 10.7 Å². The number of carbonyl (C=O) groups is 1. The van der Waals surface area contributed by atoms with Gasteiger partial charge in [0.2, 0.25) is 0 Å². The summed E-state index contributed by atoms with van der Waals surface area (Å²) in [6.45, 7) is 2.75. The number of nitriles is 1. The van der Waals surface area contributed by atoms with Crippen LogP contribution < -0.4 is 5.32 Å². The lowest BCUT2D eigenvalue weighted by Gasteiger charge is -2.06. The minimum absolute atomic E-state index is 0.0190. The van der Waals surface area contributed by atoms with Crippen molar-refractivity contribution in [3.63, 3.8) is 0 Å². The maximum atomic E-state index is 12.8. The van der Waals surface area contributed by atoms with Gasteiger partial charge >= 0.3 is 0 Å². The maximum absolute atomic E-state index is 12.8. The number of aryl methyl sites for hydroxylation is 1. The highest BCUT2D eigenvalue weighted by atomic mass is 35.5. The SMILES string of the molecule is Cc1cccc(Cn2cc(/C=C(/C#N)C(=O)Nc3ccc(Cl)cc3Cl)c3ccccc32)c1. The predicted molar refractivity (Wildman–Crippen MR) is 131 cm³/mol. The summed E-state index contributed by atoms with van der Waals surface area (Å²) in [5, 5.41) is 14.1. The molecule has 0 saturated carbocycles. The van der Waals surface area contributed by atoms with Crippen LogP contribution in [0.2, 0.25) is 10.0 Å². The Bertz CT molecular complexity index is 1400. The highest BCUT2D eigenvalue weighted by Gasteiger charge is 2.14. The Morgan fingerprint density at radius 1 is 1.09 bits per heavy atom. The van der Waals surface area contributed by atoms with Crippen molar-refractivity contribution in [1.82, 2.24) is 4.57 Å². The molecule has 0 fully saturated rings. The number of halogens is 2. The molecule has 0 aliphatic heterocycles. The van der Waals surface area contributed by atoms with E-state index >= 15 is 0 Å². The van der Waals surface area contributed by atoms with E-state index in [1.54, 1.807) is 18.2 Å². The molecule has 158 valence electrons. The standard InChI is InChI=1S/C26H19Cl2N3O/c1-17-5-4-6-18(11-17)15-31-16-20(22-7-2-3-8-25(22)31)12-19(14-29)26(32)30-24-10-9-21(27)13-23(24)28/h2-13,16H,15H2,1H3,(H,30,32)/b19-12-. The van der Waals surface area contributed by atoms with E-state index in [0.29, 0.717) is 22.3 Å². The zero-order chi connectivity index (χ0) is 22.7. The molecule has 4 rings (SSSR count). The van der Waals surface area contributed by atoms with Crippen LogP contribution in [0.1, 0.15) is 16.7 Å². The van der Waals surface area contributed by atoms with Crippen LogP contribution in [0.15, 0.2) is 78.5 Å². The Labute approximate surface area is 196 Å². The molecule has 0 aliphatic rings.